The van der Waals surface area contributed by atoms with Gasteiger partial charge < -0.3 is 20.6 Å². The fraction of sp³-hybridized carbons (Fsp3) is 0.519. The van der Waals surface area contributed by atoms with Crippen LogP contribution >= 0.6 is 0 Å². The second kappa shape index (κ2) is 12.2. The van der Waals surface area contributed by atoms with Crippen molar-refractivity contribution in [2.75, 3.05) is 32.8 Å². The van der Waals surface area contributed by atoms with E-state index in [0.717, 1.165) is 25.9 Å². The van der Waals surface area contributed by atoms with Crippen molar-refractivity contribution in [3.8, 4) is 11.3 Å². The van der Waals surface area contributed by atoms with Crippen LogP contribution in [-0.2, 0) is 10.3 Å². The molecule has 0 unspecified atom stereocenters. The van der Waals surface area contributed by atoms with Gasteiger partial charge in [0.15, 0.2) is 0 Å². The van der Waals surface area contributed by atoms with Crippen molar-refractivity contribution in [3.63, 3.8) is 0 Å². The van der Waals surface area contributed by atoms with Gasteiger partial charge in [-0.25, -0.2) is 13.8 Å². The number of halogens is 2. The van der Waals surface area contributed by atoms with Gasteiger partial charge in [0.05, 0.1) is 35.8 Å². The zero-order valence-electron chi connectivity index (χ0n) is 22.9. The summed E-state index contributed by atoms with van der Waals surface area (Å²) in [5.74, 6) is -0.640. The van der Waals surface area contributed by atoms with E-state index in [9.17, 15) is 23.5 Å². The van der Waals surface area contributed by atoms with Crippen molar-refractivity contribution in [2.24, 2.45) is 0 Å². The van der Waals surface area contributed by atoms with Crippen molar-refractivity contribution >= 4 is 17.5 Å². The molecule has 0 bridgehead atoms. The summed E-state index contributed by atoms with van der Waals surface area (Å²) >= 11 is 0. The number of alkyl halides is 2. The number of piperidine rings is 1. The van der Waals surface area contributed by atoms with Crippen molar-refractivity contribution in [1.29, 1.82) is 5.41 Å². The largest absolute Gasteiger partial charge is 0.394 e. The summed E-state index contributed by atoms with van der Waals surface area (Å²) in [4.78, 5) is 33.0. The molecule has 2 aromatic heterocycles. The highest BCUT2D eigenvalue weighted by Crippen LogP contribution is 2.23. The number of rotatable bonds is 10. The number of aromatic nitrogens is 3. The summed E-state index contributed by atoms with van der Waals surface area (Å²) < 4.78 is 28.5. The lowest BCUT2D eigenvalue weighted by molar-refractivity contribution is -0.130. The van der Waals surface area contributed by atoms with Crippen LogP contribution in [0.1, 0.15) is 44.1 Å². The molecule has 0 saturated carbocycles. The van der Waals surface area contributed by atoms with Gasteiger partial charge in [0.1, 0.15) is 11.4 Å². The molecule has 0 spiro atoms. The molecule has 4 rings (SSSR count). The van der Waals surface area contributed by atoms with Crippen LogP contribution < -0.4 is 10.6 Å². The first kappa shape index (κ1) is 29.3. The average molecular weight is 559 g/mol. The van der Waals surface area contributed by atoms with Crippen LogP contribution in [0.5, 0.6) is 0 Å². The molecule has 2 aliphatic rings. The second-order valence-electron chi connectivity index (χ2n) is 10.8. The number of hydrogen-bond acceptors (Lipinski definition) is 8. The minimum absolute atomic E-state index is 0.00800. The lowest BCUT2D eigenvalue weighted by Crippen LogP contribution is -2.62. The molecule has 2 amide bonds. The van der Waals surface area contributed by atoms with Crippen molar-refractivity contribution < 1.29 is 23.5 Å². The molecule has 4 heterocycles. The molecule has 0 radical (unpaired) electrons. The second-order valence-corrected chi connectivity index (χ2v) is 10.8. The minimum atomic E-state index is -3.07. The van der Waals surface area contributed by atoms with Gasteiger partial charge in [-0.05, 0) is 38.8 Å². The standard InChI is InChI=1S/C27H36F2N8O3/c1-17(39)35-9-7-20(8-10-35)36-14-19(15-36)31-12-23(24(30)25(28)29)34-26(40)22-6-4-5-21(33-22)18-11-32-37(13-18)27(2,3)16-38/h4-6,11-13,19-20,25,30-31,38H,7-10,14-16H2,1-3H3,(H,34,40)/b23-12+,30-24?. The van der Waals surface area contributed by atoms with Gasteiger partial charge in [0.2, 0.25) is 5.91 Å². The van der Waals surface area contributed by atoms with Gasteiger partial charge in [-0.3, -0.25) is 24.6 Å². The molecule has 2 aliphatic heterocycles. The van der Waals surface area contributed by atoms with Crippen LogP contribution in [0.3, 0.4) is 0 Å². The highest BCUT2D eigenvalue weighted by atomic mass is 19.3. The van der Waals surface area contributed by atoms with Gasteiger partial charge in [-0.1, -0.05) is 6.07 Å². The van der Waals surface area contributed by atoms with Crippen LogP contribution in [0.15, 0.2) is 42.5 Å². The molecule has 0 atom stereocenters. The number of hydrogen-bond donors (Lipinski definition) is 4. The summed E-state index contributed by atoms with van der Waals surface area (Å²) in [6, 6.07) is 5.13. The zero-order valence-corrected chi connectivity index (χ0v) is 22.9. The number of allylic oxidation sites excluding steroid dienone is 1. The Morgan fingerprint density at radius 3 is 2.58 bits per heavy atom. The lowest BCUT2D eigenvalue weighted by atomic mass is 9.97. The molecule has 13 heteroatoms. The number of carbonyl (C=O) groups is 2. The summed E-state index contributed by atoms with van der Waals surface area (Å²) in [5, 5.41) is 27.1. The van der Waals surface area contributed by atoms with E-state index in [2.05, 4.69) is 25.6 Å². The number of likely N-dealkylation sites (tertiary alicyclic amines) is 2. The number of aliphatic hydroxyl groups is 1. The van der Waals surface area contributed by atoms with E-state index in [1.54, 1.807) is 36.1 Å². The molecule has 40 heavy (non-hydrogen) atoms. The lowest BCUT2D eigenvalue weighted by Gasteiger charge is -2.47. The number of carbonyl (C=O) groups excluding carboxylic acids is 2. The van der Waals surface area contributed by atoms with Gasteiger partial charge >= 0.3 is 0 Å². The minimum Gasteiger partial charge on any atom is -0.394 e. The predicted octanol–water partition coefficient (Wildman–Crippen LogP) is 1.81. The van der Waals surface area contributed by atoms with Crippen molar-refractivity contribution in [2.45, 2.75) is 57.7 Å². The van der Waals surface area contributed by atoms with E-state index in [0.29, 0.717) is 30.4 Å². The number of amides is 2. The van der Waals surface area contributed by atoms with Crippen LogP contribution in [0, 0.1) is 5.41 Å². The van der Waals surface area contributed by atoms with E-state index < -0.39 is 23.6 Å². The molecular formula is C27H36F2N8O3. The summed E-state index contributed by atoms with van der Waals surface area (Å²) in [5.41, 5.74) is -0.888. The van der Waals surface area contributed by atoms with Crippen LogP contribution in [0.2, 0.25) is 0 Å². The topological polar surface area (TPSA) is 139 Å². The predicted molar refractivity (Wildman–Crippen MR) is 145 cm³/mol. The number of pyridine rings is 1. The van der Waals surface area contributed by atoms with Crippen LogP contribution in [0.25, 0.3) is 11.3 Å². The highest BCUT2D eigenvalue weighted by Gasteiger charge is 2.34. The van der Waals surface area contributed by atoms with Gasteiger partial charge in [-0.2, -0.15) is 5.10 Å². The molecule has 2 fully saturated rings. The van der Waals surface area contributed by atoms with Crippen LogP contribution in [0.4, 0.5) is 8.78 Å². The molecule has 216 valence electrons. The third-order valence-electron chi connectivity index (χ3n) is 7.42. The Balaban J connectivity index is 1.38. The number of nitrogens with zero attached hydrogens (tertiary/aromatic N) is 5. The fourth-order valence-corrected chi connectivity index (χ4v) is 4.73. The molecular weight excluding hydrogens is 522 g/mol. The maximum Gasteiger partial charge on any atom is 0.281 e. The van der Waals surface area contributed by atoms with Crippen molar-refractivity contribution in [3.05, 3.63) is 48.2 Å². The Kier molecular flexibility index (Phi) is 8.94. The molecule has 2 saturated heterocycles. The zero-order chi connectivity index (χ0) is 29.0. The smallest absolute Gasteiger partial charge is 0.281 e. The number of aliphatic hydroxyl groups excluding tert-OH is 1. The monoisotopic (exact) mass is 558 g/mol. The molecule has 11 nitrogen and oxygen atoms in total. The van der Waals surface area contributed by atoms with E-state index in [-0.39, 0.29) is 29.9 Å². The Labute approximate surface area is 231 Å². The maximum absolute atomic E-state index is 13.4. The van der Waals surface area contributed by atoms with Gasteiger partial charge in [0, 0.05) is 57.1 Å². The van der Waals surface area contributed by atoms with E-state index in [1.165, 1.54) is 12.3 Å². The molecule has 0 aliphatic carbocycles. The SMILES string of the molecule is CC(=O)N1CCC(N2CC(N/C=C(/NC(=O)c3cccc(-c4cnn(C(C)(C)CO)c4)n3)C(=N)C(F)F)C2)CC1. The first-order valence-electron chi connectivity index (χ1n) is 13.3. The molecule has 2 aromatic rings. The maximum atomic E-state index is 13.4. The Morgan fingerprint density at radius 1 is 1.25 bits per heavy atom. The van der Waals surface area contributed by atoms with E-state index >= 15 is 0 Å². The summed E-state index contributed by atoms with van der Waals surface area (Å²) in [7, 11) is 0. The Morgan fingerprint density at radius 2 is 1.95 bits per heavy atom. The third kappa shape index (κ3) is 6.70. The normalized spacial score (nSPS) is 17.6. The molecule has 4 N–H and O–H groups in total. The highest BCUT2D eigenvalue weighted by molar-refractivity contribution is 6.05. The Bertz CT molecular complexity index is 1260. The molecule has 0 aromatic carbocycles. The Hall–Kier alpha value is -3.71. The summed E-state index contributed by atoms with van der Waals surface area (Å²) in [6.07, 6.45) is 3.25. The van der Waals surface area contributed by atoms with E-state index in [1.807, 2.05) is 18.7 Å². The summed E-state index contributed by atoms with van der Waals surface area (Å²) in [6.45, 7) is 7.96. The average Bonchev–Trinajstić information content (AvgIpc) is 3.43. The van der Waals surface area contributed by atoms with Crippen LogP contribution in [-0.4, -0.2) is 98.5 Å². The quantitative estimate of drug-likeness (QED) is 0.326. The van der Waals surface area contributed by atoms with Gasteiger partial charge in [-0.15, -0.1) is 0 Å². The van der Waals surface area contributed by atoms with Crippen molar-refractivity contribution in [1.82, 2.24) is 35.2 Å². The first-order valence-corrected chi connectivity index (χ1v) is 13.3. The first-order chi connectivity index (χ1) is 19.0. The fourth-order valence-electron chi connectivity index (χ4n) is 4.73. The third-order valence-corrected chi connectivity index (χ3v) is 7.42. The van der Waals surface area contributed by atoms with Gasteiger partial charge in [0.25, 0.3) is 12.3 Å². The van der Waals surface area contributed by atoms with E-state index in [4.69, 9.17) is 5.41 Å². The number of nitrogens with one attached hydrogen (secondary N) is 3.